The summed E-state index contributed by atoms with van der Waals surface area (Å²) in [7, 11) is 0. The van der Waals surface area contributed by atoms with Gasteiger partial charge in [-0.05, 0) is 30.3 Å². The zero-order chi connectivity index (χ0) is 19.3. The molecular weight excluding hydrogens is 401 g/mol. The Morgan fingerprint density at radius 1 is 1.11 bits per heavy atom. The molecule has 2 aliphatic rings. The molecule has 0 aliphatic carbocycles. The van der Waals surface area contributed by atoms with Crippen LogP contribution in [0.3, 0.4) is 0 Å². The molecule has 0 radical (unpaired) electrons. The van der Waals surface area contributed by atoms with E-state index in [-0.39, 0.29) is 5.75 Å². The van der Waals surface area contributed by atoms with Crippen LogP contribution in [0.5, 0.6) is 11.5 Å². The summed E-state index contributed by atoms with van der Waals surface area (Å²) in [5, 5.41) is 21.5. The first kappa shape index (κ1) is 17.6. The summed E-state index contributed by atoms with van der Waals surface area (Å²) in [5.41, 5.74) is 1.74. The lowest BCUT2D eigenvalue weighted by Gasteiger charge is -2.35. The standard InChI is InChI=1S/C17H11Cl2NO7/c18-6-3-9(19)13-10(4-6)20-15(27-17(23)24)14-12(13)8-5-7(25-16(21)22)1-2-11(8)26-14/h1-5,12,14-15,20H,(H,21,22)(H,23,24). The summed E-state index contributed by atoms with van der Waals surface area (Å²) in [6.45, 7) is 0. The van der Waals surface area contributed by atoms with Crippen molar-refractivity contribution in [3.8, 4) is 11.5 Å². The van der Waals surface area contributed by atoms with Gasteiger partial charge in [-0.25, -0.2) is 9.59 Å². The Morgan fingerprint density at radius 3 is 2.59 bits per heavy atom. The smallest absolute Gasteiger partial charge is 0.483 e. The van der Waals surface area contributed by atoms with Crippen LogP contribution in [0.1, 0.15) is 17.0 Å². The number of anilines is 1. The fourth-order valence-electron chi connectivity index (χ4n) is 3.45. The van der Waals surface area contributed by atoms with Gasteiger partial charge in [0.15, 0.2) is 6.10 Å². The largest absolute Gasteiger partial charge is 0.511 e. The monoisotopic (exact) mass is 411 g/mol. The summed E-state index contributed by atoms with van der Waals surface area (Å²) in [6.07, 6.45) is -4.70. The van der Waals surface area contributed by atoms with Gasteiger partial charge in [0.1, 0.15) is 11.5 Å². The van der Waals surface area contributed by atoms with Crippen LogP contribution in [0.4, 0.5) is 15.3 Å². The van der Waals surface area contributed by atoms with E-state index in [0.29, 0.717) is 32.6 Å². The topological polar surface area (TPSA) is 114 Å². The minimum atomic E-state index is -1.47. The Morgan fingerprint density at radius 2 is 1.89 bits per heavy atom. The van der Waals surface area contributed by atoms with Crippen LogP contribution in [-0.4, -0.2) is 34.9 Å². The zero-order valence-electron chi connectivity index (χ0n) is 13.3. The Hall–Kier alpha value is -2.84. The molecule has 4 rings (SSSR count). The van der Waals surface area contributed by atoms with Crippen molar-refractivity contribution < 1.29 is 34.0 Å². The van der Waals surface area contributed by atoms with Crippen molar-refractivity contribution in [3.63, 3.8) is 0 Å². The molecule has 0 saturated carbocycles. The van der Waals surface area contributed by atoms with Crippen LogP contribution >= 0.6 is 23.2 Å². The number of fused-ring (bicyclic) bond motifs is 5. The number of halogens is 2. The third-order valence-corrected chi connectivity index (χ3v) is 4.87. The van der Waals surface area contributed by atoms with Crippen molar-refractivity contribution >= 4 is 41.2 Å². The van der Waals surface area contributed by atoms with E-state index in [9.17, 15) is 9.59 Å². The molecule has 0 fully saturated rings. The van der Waals surface area contributed by atoms with Gasteiger partial charge in [-0.15, -0.1) is 0 Å². The van der Waals surface area contributed by atoms with Crippen LogP contribution in [0, 0.1) is 0 Å². The molecule has 0 amide bonds. The molecule has 0 bridgehead atoms. The van der Waals surface area contributed by atoms with Crippen LogP contribution < -0.4 is 14.8 Å². The SMILES string of the molecule is O=C(O)Oc1ccc2c(c1)C1c3c(Cl)cc(Cl)cc3NC(OC(=O)O)C1O2. The number of hydrogen-bond donors (Lipinski definition) is 3. The molecule has 0 saturated heterocycles. The second-order valence-corrected chi connectivity index (χ2v) is 6.77. The van der Waals surface area contributed by atoms with Crippen LogP contribution in [-0.2, 0) is 4.74 Å². The predicted octanol–water partition coefficient (Wildman–Crippen LogP) is 4.39. The van der Waals surface area contributed by atoms with Gasteiger partial charge in [-0.2, -0.15) is 0 Å². The quantitative estimate of drug-likeness (QED) is 0.492. The summed E-state index contributed by atoms with van der Waals surface area (Å²) >= 11 is 12.5. The summed E-state index contributed by atoms with van der Waals surface area (Å²) in [5.74, 6) is 0.0384. The molecule has 8 nitrogen and oxygen atoms in total. The average Bonchev–Trinajstić information content (AvgIpc) is 2.92. The van der Waals surface area contributed by atoms with Crippen LogP contribution in [0.2, 0.25) is 10.0 Å². The highest BCUT2D eigenvalue weighted by atomic mass is 35.5. The number of ether oxygens (including phenoxy) is 3. The van der Waals surface area contributed by atoms with E-state index in [1.807, 2.05) is 0 Å². The maximum Gasteiger partial charge on any atom is 0.511 e. The molecule has 27 heavy (non-hydrogen) atoms. The van der Waals surface area contributed by atoms with Crippen LogP contribution in [0.15, 0.2) is 30.3 Å². The van der Waals surface area contributed by atoms with E-state index in [2.05, 4.69) is 5.32 Å². The lowest BCUT2D eigenvalue weighted by molar-refractivity contribution is 0.00573. The van der Waals surface area contributed by atoms with E-state index >= 15 is 0 Å². The minimum absolute atomic E-state index is 0.103. The van der Waals surface area contributed by atoms with Gasteiger partial charge in [0, 0.05) is 26.9 Å². The maximum atomic E-state index is 11.1. The van der Waals surface area contributed by atoms with Crippen molar-refractivity contribution in [1.29, 1.82) is 0 Å². The van der Waals surface area contributed by atoms with E-state index in [0.717, 1.165) is 0 Å². The lowest BCUT2D eigenvalue weighted by Crippen LogP contribution is -2.46. The number of carboxylic acid groups (broad SMARTS) is 2. The van der Waals surface area contributed by atoms with Gasteiger partial charge >= 0.3 is 12.3 Å². The van der Waals surface area contributed by atoms with Crippen LogP contribution in [0.25, 0.3) is 0 Å². The molecule has 2 aromatic carbocycles. The first-order valence-electron chi connectivity index (χ1n) is 7.70. The number of benzene rings is 2. The van der Waals surface area contributed by atoms with Crippen molar-refractivity contribution in [2.75, 3.05) is 5.32 Å². The Kier molecular flexibility index (Phi) is 4.16. The molecule has 10 heteroatoms. The molecule has 3 atom stereocenters. The third kappa shape index (κ3) is 3.07. The highest BCUT2D eigenvalue weighted by Gasteiger charge is 2.48. The summed E-state index contributed by atoms with van der Waals surface area (Å²) in [4.78, 5) is 21.9. The lowest BCUT2D eigenvalue weighted by atomic mass is 9.83. The minimum Gasteiger partial charge on any atom is -0.483 e. The highest BCUT2D eigenvalue weighted by Crippen LogP contribution is 2.52. The molecule has 0 spiro atoms. The molecule has 2 aliphatic heterocycles. The van der Waals surface area contributed by atoms with Crippen molar-refractivity contribution in [1.82, 2.24) is 0 Å². The van der Waals surface area contributed by atoms with Gasteiger partial charge in [0.05, 0.1) is 5.92 Å². The zero-order valence-corrected chi connectivity index (χ0v) is 14.8. The number of nitrogens with one attached hydrogen (secondary N) is 1. The normalized spacial score (nSPS) is 21.8. The molecular formula is C17H11Cl2NO7. The molecule has 140 valence electrons. The first-order chi connectivity index (χ1) is 12.8. The molecule has 3 unspecified atom stereocenters. The van der Waals surface area contributed by atoms with Crippen molar-refractivity contribution in [2.45, 2.75) is 18.2 Å². The van der Waals surface area contributed by atoms with Gasteiger partial charge in [-0.1, -0.05) is 23.2 Å². The molecule has 2 aromatic rings. The fraction of sp³-hybridized carbons (Fsp3) is 0.176. The fourth-order valence-corrected chi connectivity index (χ4v) is 4.06. The third-order valence-electron chi connectivity index (χ3n) is 4.34. The highest BCUT2D eigenvalue weighted by molar-refractivity contribution is 6.35. The first-order valence-corrected chi connectivity index (χ1v) is 8.45. The van der Waals surface area contributed by atoms with E-state index < -0.39 is 30.6 Å². The number of rotatable bonds is 2. The number of hydrogen-bond acceptors (Lipinski definition) is 6. The van der Waals surface area contributed by atoms with Gasteiger partial charge in [-0.3, -0.25) is 0 Å². The van der Waals surface area contributed by atoms with Gasteiger partial charge < -0.3 is 29.7 Å². The Bertz CT molecular complexity index is 965. The second-order valence-electron chi connectivity index (χ2n) is 5.93. The maximum absolute atomic E-state index is 11.1. The van der Waals surface area contributed by atoms with Crippen molar-refractivity contribution in [2.24, 2.45) is 0 Å². The van der Waals surface area contributed by atoms with Gasteiger partial charge in [0.25, 0.3) is 0 Å². The van der Waals surface area contributed by atoms with E-state index in [1.165, 1.54) is 12.1 Å². The van der Waals surface area contributed by atoms with Gasteiger partial charge in [0.2, 0.25) is 6.23 Å². The predicted molar refractivity (Wildman–Crippen MR) is 94.3 cm³/mol. The van der Waals surface area contributed by atoms with Crippen molar-refractivity contribution in [3.05, 3.63) is 51.5 Å². The molecule has 3 N–H and O–H groups in total. The molecule has 2 heterocycles. The molecule has 0 aromatic heterocycles. The summed E-state index contributed by atoms with van der Waals surface area (Å²) in [6, 6.07) is 7.68. The second kappa shape index (κ2) is 6.40. The van der Waals surface area contributed by atoms with E-state index in [1.54, 1.807) is 18.2 Å². The van der Waals surface area contributed by atoms with E-state index in [4.69, 9.17) is 47.6 Å². The average molecular weight is 412 g/mol. The summed E-state index contributed by atoms with van der Waals surface area (Å²) < 4.78 is 15.5. The Labute approximate surface area is 162 Å². The number of carbonyl (C=O) groups is 2. The Balaban J connectivity index is 1.85.